The minimum absolute atomic E-state index is 0. The molecule has 1 aromatic rings. The molecule has 1 aliphatic rings. The average Bonchev–Trinajstić information content (AvgIpc) is 2.58. The SMILES string of the molecule is Cc1ccccc1.[Cl-].[Cl-].[Zr+2][C]1=CC=CC1. The maximum atomic E-state index is 2.18. The van der Waals surface area contributed by atoms with Crippen molar-refractivity contribution in [1.82, 2.24) is 0 Å². The maximum absolute atomic E-state index is 2.18. The summed E-state index contributed by atoms with van der Waals surface area (Å²) in [6, 6.07) is 10.3. The molecule has 0 aromatic heterocycles. The van der Waals surface area contributed by atoms with E-state index in [9.17, 15) is 0 Å². The Kier molecular flexibility index (Phi) is 12.5. The third-order valence-electron chi connectivity index (χ3n) is 1.71. The normalized spacial score (nSPS) is 11.5. The van der Waals surface area contributed by atoms with E-state index in [-0.39, 0.29) is 24.8 Å². The average molecular weight is 319 g/mol. The fourth-order valence-electron chi connectivity index (χ4n) is 0.982. The van der Waals surface area contributed by atoms with Crippen molar-refractivity contribution < 1.29 is 49.5 Å². The molecule has 0 nitrogen and oxygen atoms in total. The van der Waals surface area contributed by atoms with E-state index < -0.39 is 0 Å². The molecule has 0 saturated carbocycles. The molecule has 0 aliphatic heterocycles. The van der Waals surface area contributed by atoms with Gasteiger partial charge in [0.1, 0.15) is 0 Å². The first-order valence-corrected chi connectivity index (χ1v) is 5.61. The number of allylic oxidation sites excluding steroid dienone is 4. The van der Waals surface area contributed by atoms with E-state index in [2.05, 4.69) is 37.3 Å². The molecule has 0 bridgehead atoms. The van der Waals surface area contributed by atoms with E-state index in [4.69, 9.17) is 0 Å². The van der Waals surface area contributed by atoms with Crippen LogP contribution in [-0.4, -0.2) is 0 Å². The van der Waals surface area contributed by atoms with Gasteiger partial charge in [0.25, 0.3) is 0 Å². The van der Waals surface area contributed by atoms with Crippen molar-refractivity contribution >= 4 is 0 Å². The fraction of sp³-hybridized carbons (Fsp3) is 0.167. The topological polar surface area (TPSA) is 0 Å². The van der Waals surface area contributed by atoms with E-state index in [0.717, 1.165) is 0 Å². The number of rotatable bonds is 0. The second-order valence-corrected chi connectivity index (χ2v) is 4.56. The van der Waals surface area contributed by atoms with E-state index in [1.165, 1.54) is 12.0 Å². The van der Waals surface area contributed by atoms with Crippen LogP contribution in [0.1, 0.15) is 12.0 Å². The molecule has 0 atom stereocenters. The zero-order valence-electron chi connectivity index (χ0n) is 8.58. The van der Waals surface area contributed by atoms with Gasteiger partial charge >= 0.3 is 52.6 Å². The number of halogens is 2. The molecule has 0 N–H and O–H groups in total. The van der Waals surface area contributed by atoms with Gasteiger partial charge in [0.05, 0.1) is 0 Å². The van der Waals surface area contributed by atoms with Gasteiger partial charge in [0.2, 0.25) is 0 Å². The first-order valence-electron chi connectivity index (χ1n) is 4.38. The van der Waals surface area contributed by atoms with E-state index in [1.807, 2.05) is 18.2 Å². The molecular formula is C12H13Cl2Zr. The predicted molar refractivity (Wildman–Crippen MR) is 53.0 cm³/mol. The molecule has 0 saturated heterocycles. The van der Waals surface area contributed by atoms with Crippen LogP contribution in [0.4, 0.5) is 0 Å². The van der Waals surface area contributed by atoms with Gasteiger partial charge in [0, 0.05) is 0 Å². The van der Waals surface area contributed by atoms with Crippen LogP contribution < -0.4 is 24.8 Å². The minimum atomic E-state index is 0. The van der Waals surface area contributed by atoms with Crippen LogP contribution in [0.25, 0.3) is 0 Å². The molecule has 0 amide bonds. The summed E-state index contributed by atoms with van der Waals surface area (Å²) in [6.45, 7) is 2.08. The van der Waals surface area contributed by atoms with Crippen LogP contribution in [-0.2, 0) is 24.7 Å². The van der Waals surface area contributed by atoms with Gasteiger partial charge in [-0.15, -0.1) is 0 Å². The quantitative estimate of drug-likeness (QED) is 0.491. The monoisotopic (exact) mass is 317 g/mol. The molecule has 1 aliphatic carbocycles. The number of aryl methyl sites for hydroxylation is 1. The Morgan fingerprint density at radius 2 is 1.67 bits per heavy atom. The zero-order chi connectivity index (χ0) is 9.52. The fourth-order valence-corrected chi connectivity index (χ4v) is 1.51. The Hall–Kier alpha value is 0.163. The summed E-state index contributed by atoms with van der Waals surface area (Å²) < 4.78 is 1.56. The number of hydrogen-bond donors (Lipinski definition) is 0. The Bertz CT molecular complexity index is 305. The Morgan fingerprint density at radius 1 is 1.07 bits per heavy atom. The van der Waals surface area contributed by atoms with Crippen molar-refractivity contribution in [3.05, 3.63) is 57.4 Å². The summed E-state index contributed by atoms with van der Waals surface area (Å²) in [5.74, 6) is 0. The van der Waals surface area contributed by atoms with Gasteiger partial charge in [-0.2, -0.15) is 0 Å². The Morgan fingerprint density at radius 3 is 1.87 bits per heavy atom. The Balaban J connectivity index is 0. The van der Waals surface area contributed by atoms with Crippen LogP contribution in [0.15, 0.2) is 51.8 Å². The first kappa shape index (κ1) is 17.6. The van der Waals surface area contributed by atoms with Crippen LogP contribution in [0.5, 0.6) is 0 Å². The Labute approximate surface area is 120 Å². The molecule has 0 spiro atoms. The zero-order valence-corrected chi connectivity index (χ0v) is 12.6. The summed E-state index contributed by atoms with van der Waals surface area (Å²) in [5.41, 5.74) is 1.32. The second kappa shape index (κ2) is 10.7. The third kappa shape index (κ3) is 9.11. The van der Waals surface area contributed by atoms with Crippen molar-refractivity contribution in [3.63, 3.8) is 0 Å². The van der Waals surface area contributed by atoms with Crippen molar-refractivity contribution in [2.45, 2.75) is 13.3 Å². The van der Waals surface area contributed by atoms with Crippen molar-refractivity contribution in [1.29, 1.82) is 0 Å². The van der Waals surface area contributed by atoms with Crippen LogP contribution in [0, 0.1) is 6.92 Å². The van der Waals surface area contributed by atoms with Gasteiger partial charge in [0.15, 0.2) is 0 Å². The number of benzene rings is 1. The van der Waals surface area contributed by atoms with Gasteiger partial charge < -0.3 is 24.8 Å². The van der Waals surface area contributed by atoms with Gasteiger partial charge in [-0.1, -0.05) is 35.9 Å². The summed E-state index contributed by atoms with van der Waals surface area (Å²) in [6.07, 6.45) is 7.69. The summed E-state index contributed by atoms with van der Waals surface area (Å²) >= 11 is 1.56. The van der Waals surface area contributed by atoms with Gasteiger partial charge in [-0.05, 0) is 6.92 Å². The van der Waals surface area contributed by atoms with E-state index in [1.54, 1.807) is 28.0 Å². The molecule has 0 unspecified atom stereocenters. The molecule has 79 valence electrons. The van der Waals surface area contributed by atoms with Crippen LogP contribution in [0.2, 0.25) is 0 Å². The molecule has 15 heavy (non-hydrogen) atoms. The second-order valence-electron chi connectivity index (χ2n) is 2.98. The molecular weight excluding hydrogens is 306 g/mol. The third-order valence-corrected chi connectivity index (χ3v) is 2.62. The predicted octanol–water partition coefficient (Wildman–Crippen LogP) is -2.62. The van der Waals surface area contributed by atoms with Crippen LogP contribution >= 0.6 is 0 Å². The van der Waals surface area contributed by atoms with Gasteiger partial charge in [-0.3, -0.25) is 0 Å². The molecule has 2 rings (SSSR count). The van der Waals surface area contributed by atoms with Gasteiger partial charge in [-0.25, -0.2) is 0 Å². The molecule has 1 aromatic carbocycles. The van der Waals surface area contributed by atoms with E-state index in [0.29, 0.717) is 0 Å². The molecule has 0 heterocycles. The number of hydrogen-bond acceptors (Lipinski definition) is 0. The molecule has 0 fully saturated rings. The molecule has 0 radical (unpaired) electrons. The van der Waals surface area contributed by atoms with Crippen molar-refractivity contribution in [2.24, 2.45) is 0 Å². The summed E-state index contributed by atoms with van der Waals surface area (Å²) in [5, 5.41) is 0. The van der Waals surface area contributed by atoms with Crippen LogP contribution in [0.3, 0.4) is 0 Å². The standard InChI is InChI=1S/C7H8.C5H5.2ClH.Zr/c1-7-5-3-2-4-6-7;1-2-4-5-3-1;;;/h2-6H,1H3;1-3H,4H2;2*1H;/q;;;;+2/p-2. The first-order chi connectivity index (χ1) is 6.29. The van der Waals surface area contributed by atoms with Crippen molar-refractivity contribution in [3.8, 4) is 0 Å². The van der Waals surface area contributed by atoms with Crippen molar-refractivity contribution in [2.75, 3.05) is 0 Å². The summed E-state index contributed by atoms with van der Waals surface area (Å²) in [4.78, 5) is 0. The summed E-state index contributed by atoms with van der Waals surface area (Å²) in [7, 11) is 0. The van der Waals surface area contributed by atoms with E-state index >= 15 is 0 Å². The molecule has 3 heteroatoms.